The molecule has 2 N–H and O–H groups in total. The SMILES string of the molecule is N/C=C1/CCCC12CCN(c1ncc(Sc3ccnnc3Cl)c3nccn13)CC2. The summed E-state index contributed by atoms with van der Waals surface area (Å²) in [6, 6.07) is 1.85. The average Bonchev–Trinajstić information content (AvgIpc) is 3.38. The summed E-state index contributed by atoms with van der Waals surface area (Å²) in [4.78, 5) is 13.5. The highest BCUT2D eigenvalue weighted by Gasteiger charge is 2.41. The molecule has 1 saturated carbocycles. The molecule has 0 atom stereocenters. The number of anilines is 1. The lowest BCUT2D eigenvalue weighted by molar-refractivity contribution is 0.279. The first-order chi connectivity index (χ1) is 14.2. The number of nitrogens with zero attached hydrogens (tertiary/aromatic N) is 6. The van der Waals surface area contributed by atoms with Crippen molar-refractivity contribution in [2.45, 2.75) is 41.9 Å². The molecule has 29 heavy (non-hydrogen) atoms. The second-order valence-electron chi connectivity index (χ2n) is 7.64. The molecule has 5 rings (SSSR count). The van der Waals surface area contributed by atoms with E-state index in [1.165, 1.54) is 30.2 Å². The second kappa shape index (κ2) is 7.50. The molecule has 2 aliphatic rings. The molecule has 1 aliphatic heterocycles. The number of imidazole rings is 1. The van der Waals surface area contributed by atoms with Crippen LogP contribution in [-0.4, -0.2) is 37.7 Å². The molecule has 1 spiro atoms. The van der Waals surface area contributed by atoms with Crippen molar-refractivity contribution in [2.24, 2.45) is 11.1 Å². The van der Waals surface area contributed by atoms with Crippen LogP contribution in [0.3, 0.4) is 0 Å². The van der Waals surface area contributed by atoms with Crippen LogP contribution in [0.5, 0.6) is 0 Å². The van der Waals surface area contributed by atoms with Gasteiger partial charge in [0, 0.05) is 31.7 Å². The minimum Gasteiger partial charge on any atom is -0.405 e. The largest absolute Gasteiger partial charge is 0.405 e. The van der Waals surface area contributed by atoms with Crippen LogP contribution in [0.2, 0.25) is 5.15 Å². The number of allylic oxidation sites excluding steroid dienone is 1. The Kier molecular flexibility index (Phi) is 4.83. The van der Waals surface area contributed by atoms with Crippen LogP contribution in [-0.2, 0) is 0 Å². The minimum absolute atomic E-state index is 0.306. The van der Waals surface area contributed by atoms with Gasteiger partial charge < -0.3 is 10.6 Å². The summed E-state index contributed by atoms with van der Waals surface area (Å²) in [6.45, 7) is 1.95. The molecule has 0 amide bonds. The summed E-state index contributed by atoms with van der Waals surface area (Å²) in [5.74, 6) is 0.937. The van der Waals surface area contributed by atoms with Crippen molar-refractivity contribution in [2.75, 3.05) is 18.0 Å². The highest BCUT2D eigenvalue weighted by atomic mass is 35.5. The Morgan fingerprint density at radius 3 is 2.79 bits per heavy atom. The van der Waals surface area contributed by atoms with Crippen LogP contribution in [0.4, 0.5) is 5.95 Å². The fraction of sp³-hybridized carbons (Fsp3) is 0.400. The van der Waals surface area contributed by atoms with Crippen LogP contribution in [0.1, 0.15) is 32.1 Å². The number of rotatable bonds is 3. The van der Waals surface area contributed by atoms with E-state index >= 15 is 0 Å². The molecule has 0 aromatic carbocycles. The van der Waals surface area contributed by atoms with Gasteiger partial charge in [0.15, 0.2) is 10.8 Å². The topological polar surface area (TPSA) is 85.2 Å². The molecule has 3 aromatic heterocycles. The molecule has 1 saturated heterocycles. The fourth-order valence-corrected chi connectivity index (χ4v) is 5.76. The quantitative estimate of drug-likeness (QED) is 0.677. The molecule has 2 fully saturated rings. The zero-order valence-corrected chi connectivity index (χ0v) is 17.5. The van der Waals surface area contributed by atoms with Gasteiger partial charge in [0.2, 0.25) is 5.95 Å². The van der Waals surface area contributed by atoms with E-state index in [1.54, 1.807) is 6.20 Å². The van der Waals surface area contributed by atoms with E-state index in [0.717, 1.165) is 53.7 Å². The smallest absolute Gasteiger partial charge is 0.211 e. The summed E-state index contributed by atoms with van der Waals surface area (Å²) in [5.41, 5.74) is 8.54. The number of hydrogen-bond donors (Lipinski definition) is 1. The van der Waals surface area contributed by atoms with E-state index in [2.05, 4.69) is 24.5 Å². The lowest BCUT2D eigenvalue weighted by Crippen LogP contribution is -2.41. The number of fused-ring (bicyclic) bond motifs is 1. The third-order valence-corrected chi connectivity index (χ3v) is 7.67. The van der Waals surface area contributed by atoms with Gasteiger partial charge in [0.25, 0.3) is 0 Å². The average molecular weight is 428 g/mol. The summed E-state index contributed by atoms with van der Waals surface area (Å²) in [6.07, 6.45) is 15.1. The molecular weight excluding hydrogens is 406 g/mol. The molecule has 0 unspecified atom stereocenters. The normalized spacial score (nSPS) is 20.2. The molecule has 0 radical (unpaired) electrons. The van der Waals surface area contributed by atoms with Crippen molar-refractivity contribution < 1.29 is 0 Å². The van der Waals surface area contributed by atoms with Crippen LogP contribution < -0.4 is 10.6 Å². The van der Waals surface area contributed by atoms with Gasteiger partial charge in [-0.15, -0.1) is 5.10 Å². The summed E-state index contributed by atoms with van der Waals surface area (Å²) in [7, 11) is 0. The van der Waals surface area contributed by atoms with Gasteiger partial charge in [-0.1, -0.05) is 23.4 Å². The van der Waals surface area contributed by atoms with Crippen LogP contribution in [0.15, 0.2) is 52.4 Å². The van der Waals surface area contributed by atoms with Crippen molar-refractivity contribution in [3.05, 3.63) is 47.8 Å². The van der Waals surface area contributed by atoms with Crippen molar-refractivity contribution in [1.29, 1.82) is 0 Å². The first kappa shape index (κ1) is 18.7. The zero-order valence-electron chi connectivity index (χ0n) is 16.0. The monoisotopic (exact) mass is 427 g/mol. The number of nitrogens with two attached hydrogens (primary N) is 1. The third kappa shape index (κ3) is 3.24. The second-order valence-corrected chi connectivity index (χ2v) is 9.09. The highest BCUT2D eigenvalue weighted by molar-refractivity contribution is 7.99. The van der Waals surface area contributed by atoms with Crippen LogP contribution >= 0.6 is 23.4 Å². The molecule has 7 nitrogen and oxygen atoms in total. The highest BCUT2D eigenvalue weighted by Crippen LogP contribution is 2.50. The standard InChI is InChI=1S/C20H22ClN7S/c21-17-15(3-7-25-26-17)29-16-13-24-19(28-11-8-23-18(16)28)27-9-5-20(6-10-27)4-1-2-14(20)12-22/h3,7-8,11-13H,1-2,4-6,9-10,22H2/b14-12-. The van der Waals surface area contributed by atoms with Crippen molar-refractivity contribution in [3.8, 4) is 0 Å². The predicted molar refractivity (Wildman–Crippen MR) is 114 cm³/mol. The van der Waals surface area contributed by atoms with Gasteiger partial charge in [-0.25, -0.2) is 9.97 Å². The van der Waals surface area contributed by atoms with Crippen molar-refractivity contribution in [3.63, 3.8) is 0 Å². The number of aromatic nitrogens is 5. The molecule has 3 aromatic rings. The lowest BCUT2D eigenvalue weighted by atomic mass is 9.74. The van der Waals surface area contributed by atoms with Crippen LogP contribution in [0.25, 0.3) is 5.65 Å². The van der Waals surface area contributed by atoms with E-state index in [0.29, 0.717) is 10.6 Å². The fourth-order valence-electron chi connectivity index (χ4n) is 4.70. The van der Waals surface area contributed by atoms with E-state index < -0.39 is 0 Å². The minimum atomic E-state index is 0.306. The Balaban J connectivity index is 1.41. The van der Waals surface area contributed by atoms with Gasteiger partial charge in [-0.2, -0.15) is 5.10 Å². The molecule has 9 heteroatoms. The molecule has 150 valence electrons. The van der Waals surface area contributed by atoms with Gasteiger partial charge in [-0.3, -0.25) is 4.40 Å². The molecular formula is C20H22ClN7S. The van der Waals surface area contributed by atoms with Gasteiger partial charge in [-0.05, 0) is 55.4 Å². The summed E-state index contributed by atoms with van der Waals surface area (Å²) >= 11 is 7.67. The zero-order chi connectivity index (χ0) is 19.8. The van der Waals surface area contributed by atoms with E-state index in [1.807, 2.05) is 30.9 Å². The third-order valence-electron chi connectivity index (χ3n) is 6.22. The summed E-state index contributed by atoms with van der Waals surface area (Å²) < 4.78 is 2.07. The first-order valence-corrected chi connectivity index (χ1v) is 11.0. The maximum Gasteiger partial charge on any atom is 0.211 e. The molecule has 0 bridgehead atoms. The lowest BCUT2D eigenvalue weighted by Gasteiger charge is -2.40. The van der Waals surface area contributed by atoms with E-state index in [-0.39, 0.29) is 0 Å². The Hall–Kier alpha value is -2.32. The Morgan fingerprint density at radius 1 is 1.14 bits per heavy atom. The van der Waals surface area contributed by atoms with E-state index in [4.69, 9.17) is 22.3 Å². The Labute approximate surface area is 178 Å². The number of hydrogen-bond acceptors (Lipinski definition) is 7. The predicted octanol–water partition coefficient (Wildman–Crippen LogP) is 3.94. The Morgan fingerprint density at radius 2 is 2.00 bits per heavy atom. The van der Waals surface area contributed by atoms with Crippen molar-refractivity contribution in [1.82, 2.24) is 24.6 Å². The number of piperidine rings is 1. The molecule has 4 heterocycles. The first-order valence-electron chi connectivity index (χ1n) is 9.83. The van der Waals surface area contributed by atoms with Gasteiger partial charge >= 0.3 is 0 Å². The summed E-state index contributed by atoms with van der Waals surface area (Å²) in [5, 5.41) is 8.10. The van der Waals surface area contributed by atoms with Gasteiger partial charge in [0.05, 0.1) is 16.0 Å². The molecule has 1 aliphatic carbocycles. The maximum atomic E-state index is 6.17. The maximum absolute atomic E-state index is 6.17. The Bertz CT molecular complexity index is 1070. The van der Waals surface area contributed by atoms with E-state index in [9.17, 15) is 0 Å². The van der Waals surface area contributed by atoms with Crippen molar-refractivity contribution >= 4 is 35.0 Å². The van der Waals surface area contributed by atoms with Gasteiger partial charge in [0.1, 0.15) is 0 Å². The number of halogens is 1. The van der Waals surface area contributed by atoms with Crippen LogP contribution in [0, 0.1) is 5.41 Å².